The maximum absolute atomic E-state index is 10.9. The standard InChI is InChI=1S/C18H23NO4S.C2H2O4/c1-21-18(20)23-16-12-19(13-16)7-2-8-22-9-5-14-3-4-17-15(11-14)6-10-24-17;3-1(4)2(5)6/h3-4,6,10-11,16H,2,5,7-9,12-13H2,1H3;(H,3,4)(H,5,6). The number of hydrogen-bond acceptors (Lipinski definition) is 8. The Morgan fingerprint density at radius 3 is 2.53 bits per heavy atom. The monoisotopic (exact) mass is 439 g/mol. The van der Waals surface area contributed by atoms with Crippen molar-refractivity contribution < 1.29 is 38.8 Å². The summed E-state index contributed by atoms with van der Waals surface area (Å²) in [6.07, 6.45) is 1.33. The van der Waals surface area contributed by atoms with Crippen LogP contribution in [0.2, 0.25) is 0 Å². The van der Waals surface area contributed by atoms with Crippen molar-refractivity contribution in [1.29, 1.82) is 0 Å². The molecule has 0 saturated carbocycles. The predicted molar refractivity (Wildman–Crippen MR) is 110 cm³/mol. The molecule has 0 amide bonds. The summed E-state index contributed by atoms with van der Waals surface area (Å²) in [6.45, 7) is 4.07. The summed E-state index contributed by atoms with van der Waals surface area (Å²) in [4.78, 5) is 31.4. The van der Waals surface area contributed by atoms with E-state index in [2.05, 4.69) is 39.3 Å². The van der Waals surface area contributed by atoms with E-state index in [4.69, 9.17) is 29.3 Å². The van der Waals surface area contributed by atoms with Crippen molar-refractivity contribution in [3.8, 4) is 0 Å². The lowest BCUT2D eigenvalue weighted by molar-refractivity contribution is -0.159. The quantitative estimate of drug-likeness (QED) is 0.363. The third-order valence-corrected chi connectivity index (χ3v) is 5.25. The van der Waals surface area contributed by atoms with Gasteiger partial charge in [0.1, 0.15) is 6.10 Å². The fourth-order valence-electron chi connectivity index (χ4n) is 2.82. The average molecular weight is 439 g/mol. The number of carbonyl (C=O) groups is 3. The van der Waals surface area contributed by atoms with Crippen LogP contribution < -0.4 is 0 Å². The molecule has 0 unspecified atom stereocenters. The molecule has 2 N–H and O–H groups in total. The lowest BCUT2D eigenvalue weighted by atomic mass is 10.1. The van der Waals surface area contributed by atoms with Crippen LogP contribution in [0.3, 0.4) is 0 Å². The summed E-state index contributed by atoms with van der Waals surface area (Å²) in [6, 6.07) is 8.78. The summed E-state index contributed by atoms with van der Waals surface area (Å²) in [5.74, 6) is -3.65. The lowest BCUT2D eigenvalue weighted by Gasteiger charge is -2.37. The smallest absolute Gasteiger partial charge is 0.473 e. The van der Waals surface area contributed by atoms with Gasteiger partial charge in [0, 0.05) is 30.9 Å². The molecule has 0 atom stereocenters. The van der Waals surface area contributed by atoms with Crippen molar-refractivity contribution in [3.63, 3.8) is 0 Å². The van der Waals surface area contributed by atoms with Crippen LogP contribution in [-0.2, 0) is 30.2 Å². The van der Waals surface area contributed by atoms with E-state index < -0.39 is 18.1 Å². The van der Waals surface area contributed by atoms with Crippen LogP contribution in [0.5, 0.6) is 0 Å². The van der Waals surface area contributed by atoms with Gasteiger partial charge in [-0.05, 0) is 41.3 Å². The zero-order valence-electron chi connectivity index (χ0n) is 16.6. The Kier molecular flexibility index (Phi) is 9.52. The highest BCUT2D eigenvalue weighted by Gasteiger charge is 2.29. The molecule has 1 aromatic carbocycles. The van der Waals surface area contributed by atoms with Crippen LogP contribution in [0.4, 0.5) is 4.79 Å². The number of carboxylic acids is 2. The molecule has 1 fully saturated rings. The zero-order valence-corrected chi connectivity index (χ0v) is 17.4. The Morgan fingerprint density at radius 2 is 1.87 bits per heavy atom. The first kappa shape index (κ1) is 23.6. The number of hydrogen-bond donors (Lipinski definition) is 2. The van der Waals surface area contributed by atoms with Gasteiger partial charge in [0.05, 0.1) is 13.7 Å². The van der Waals surface area contributed by atoms with Gasteiger partial charge in [0.25, 0.3) is 0 Å². The van der Waals surface area contributed by atoms with Crippen molar-refractivity contribution in [2.75, 3.05) is 40.0 Å². The molecular weight excluding hydrogens is 414 g/mol. The zero-order chi connectivity index (χ0) is 21.9. The number of nitrogens with zero attached hydrogens (tertiary/aromatic N) is 1. The van der Waals surface area contributed by atoms with Gasteiger partial charge in [-0.25, -0.2) is 14.4 Å². The molecule has 164 valence electrons. The summed E-state index contributed by atoms with van der Waals surface area (Å²) >= 11 is 1.78. The van der Waals surface area contributed by atoms with E-state index in [9.17, 15) is 4.79 Å². The second-order valence-corrected chi connectivity index (χ2v) is 7.52. The minimum atomic E-state index is -1.82. The van der Waals surface area contributed by atoms with E-state index >= 15 is 0 Å². The van der Waals surface area contributed by atoms with Crippen molar-refractivity contribution >= 4 is 39.5 Å². The van der Waals surface area contributed by atoms with Gasteiger partial charge in [-0.15, -0.1) is 11.3 Å². The third kappa shape index (κ3) is 7.97. The first-order chi connectivity index (χ1) is 14.4. The van der Waals surface area contributed by atoms with Crippen molar-refractivity contribution in [3.05, 3.63) is 35.2 Å². The normalized spacial score (nSPS) is 13.8. The van der Waals surface area contributed by atoms with Crippen LogP contribution in [0.25, 0.3) is 10.1 Å². The summed E-state index contributed by atoms with van der Waals surface area (Å²) in [5, 5.41) is 18.2. The fraction of sp³-hybridized carbons (Fsp3) is 0.450. The molecule has 1 aromatic heterocycles. The van der Waals surface area contributed by atoms with Gasteiger partial charge in [-0.2, -0.15) is 0 Å². The highest BCUT2D eigenvalue weighted by Crippen LogP contribution is 2.22. The minimum Gasteiger partial charge on any atom is -0.473 e. The van der Waals surface area contributed by atoms with Gasteiger partial charge in [-0.3, -0.25) is 4.90 Å². The van der Waals surface area contributed by atoms with E-state index in [-0.39, 0.29) is 6.10 Å². The molecule has 3 rings (SSSR count). The molecule has 2 heterocycles. The molecule has 0 bridgehead atoms. The second kappa shape index (κ2) is 12.1. The molecule has 9 nitrogen and oxygen atoms in total. The van der Waals surface area contributed by atoms with Crippen LogP contribution in [0.1, 0.15) is 12.0 Å². The van der Waals surface area contributed by atoms with E-state index in [0.717, 1.165) is 45.7 Å². The minimum absolute atomic E-state index is 0.0228. The molecule has 1 aliphatic rings. The molecule has 1 aliphatic heterocycles. The van der Waals surface area contributed by atoms with Crippen LogP contribution in [0.15, 0.2) is 29.6 Å². The number of fused-ring (bicyclic) bond motifs is 1. The number of methoxy groups -OCH3 is 1. The van der Waals surface area contributed by atoms with Gasteiger partial charge in [-0.1, -0.05) is 12.1 Å². The molecule has 30 heavy (non-hydrogen) atoms. The molecule has 10 heteroatoms. The van der Waals surface area contributed by atoms with Crippen LogP contribution in [0, 0.1) is 0 Å². The molecular formula is C20H25NO8S. The third-order valence-electron chi connectivity index (χ3n) is 4.35. The summed E-state index contributed by atoms with van der Waals surface area (Å²) < 4.78 is 16.6. The van der Waals surface area contributed by atoms with E-state index in [1.165, 1.54) is 22.8 Å². The first-order valence-corrected chi connectivity index (χ1v) is 10.2. The molecule has 0 aliphatic carbocycles. The molecule has 1 saturated heterocycles. The molecule has 2 aromatic rings. The molecule has 0 radical (unpaired) electrons. The predicted octanol–water partition coefficient (Wildman–Crippen LogP) is 2.47. The summed E-state index contributed by atoms with van der Waals surface area (Å²) in [7, 11) is 1.33. The average Bonchev–Trinajstić information content (AvgIpc) is 3.16. The maximum atomic E-state index is 10.9. The van der Waals surface area contributed by atoms with E-state index in [1.54, 1.807) is 11.3 Å². The Hall–Kier alpha value is -2.69. The van der Waals surface area contributed by atoms with Crippen molar-refractivity contribution in [1.82, 2.24) is 4.90 Å². The van der Waals surface area contributed by atoms with Crippen molar-refractivity contribution in [2.24, 2.45) is 0 Å². The maximum Gasteiger partial charge on any atom is 0.508 e. The first-order valence-electron chi connectivity index (χ1n) is 9.36. The Balaban J connectivity index is 0.000000469. The van der Waals surface area contributed by atoms with E-state index in [1.807, 2.05) is 0 Å². The Bertz CT molecular complexity index is 834. The second-order valence-electron chi connectivity index (χ2n) is 6.57. The number of carboxylic acid groups (broad SMARTS) is 2. The summed E-state index contributed by atoms with van der Waals surface area (Å²) in [5.41, 5.74) is 1.33. The van der Waals surface area contributed by atoms with Gasteiger partial charge >= 0.3 is 18.1 Å². The number of rotatable bonds is 8. The van der Waals surface area contributed by atoms with Crippen LogP contribution in [-0.4, -0.2) is 79.3 Å². The largest absolute Gasteiger partial charge is 0.508 e. The number of thiophene rings is 1. The highest BCUT2D eigenvalue weighted by atomic mass is 32.1. The fourth-order valence-corrected chi connectivity index (χ4v) is 3.59. The number of aliphatic carboxylic acids is 2. The van der Waals surface area contributed by atoms with Gasteiger partial charge in [0.15, 0.2) is 0 Å². The number of carbonyl (C=O) groups excluding carboxylic acids is 1. The Labute approximate surface area is 177 Å². The van der Waals surface area contributed by atoms with Gasteiger partial charge in [0.2, 0.25) is 0 Å². The number of ether oxygens (including phenoxy) is 3. The van der Waals surface area contributed by atoms with Crippen molar-refractivity contribution in [2.45, 2.75) is 18.9 Å². The highest BCUT2D eigenvalue weighted by molar-refractivity contribution is 7.17. The molecule has 0 spiro atoms. The van der Waals surface area contributed by atoms with Crippen LogP contribution >= 0.6 is 11.3 Å². The number of likely N-dealkylation sites (tertiary alicyclic amines) is 1. The van der Waals surface area contributed by atoms with Gasteiger partial charge < -0.3 is 24.4 Å². The Morgan fingerprint density at radius 1 is 1.13 bits per heavy atom. The topological polar surface area (TPSA) is 123 Å². The number of benzene rings is 1. The lowest BCUT2D eigenvalue weighted by Crippen LogP contribution is -2.53. The van der Waals surface area contributed by atoms with E-state index in [0.29, 0.717) is 0 Å². The SMILES string of the molecule is COC(=O)OC1CN(CCCOCCc2ccc3sccc3c2)C1.O=C(O)C(=O)O.